The Labute approximate surface area is 141 Å². The Morgan fingerprint density at radius 3 is 2.54 bits per heavy atom. The van der Waals surface area contributed by atoms with Gasteiger partial charge in [0.1, 0.15) is 0 Å². The third-order valence-electron chi connectivity index (χ3n) is 4.13. The van der Waals surface area contributed by atoms with Crippen LogP contribution in [0.15, 0.2) is 23.1 Å². The van der Waals surface area contributed by atoms with Gasteiger partial charge in [0.2, 0.25) is 10.0 Å². The zero-order valence-corrected chi connectivity index (χ0v) is 14.7. The molecule has 132 valence electrons. The molecule has 1 heterocycles. The number of hydrogen-bond acceptors (Lipinski definition) is 5. The molecule has 8 heteroatoms. The van der Waals surface area contributed by atoms with Crippen molar-refractivity contribution in [1.29, 1.82) is 0 Å². The quantitative estimate of drug-likeness (QED) is 0.822. The number of nitrogens with zero attached hydrogens (tertiary/aromatic N) is 1. The number of rotatable bonds is 4. The van der Waals surface area contributed by atoms with Gasteiger partial charge in [-0.3, -0.25) is 4.79 Å². The van der Waals surface area contributed by atoms with Crippen LogP contribution in [0.4, 0.5) is 0 Å². The van der Waals surface area contributed by atoms with Crippen LogP contribution in [0.2, 0.25) is 0 Å². The molecule has 0 saturated carbocycles. The van der Waals surface area contributed by atoms with Gasteiger partial charge in [0.25, 0.3) is 0 Å². The summed E-state index contributed by atoms with van der Waals surface area (Å²) in [5.41, 5.74) is 0.687. The summed E-state index contributed by atoms with van der Waals surface area (Å²) in [7, 11) is -2.81. The first-order valence-electron chi connectivity index (χ1n) is 7.58. The summed E-state index contributed by atoms with van der Waals surface area (Å²) in [5, 5.41) is 9.23. The van der Waals surface area contributed by atoms with Gasteiger partial charge in [-0.1, -0.05) is 18.6 Å². The molecule has 24 heavy (non-hydrogen) atoms. The van der Waals surface area contributed by atoms with E-state index in [1.165, 1.54) is 19.2 Å². The van der Waals surface area contributed by atoms with Gasteiger partial charge >= 0.3 is 11.9 Å². The summed E-state index contributed by atoms with van der Waals surface area (Å²) < 4.78 is 31.8. The van der Waals surface area contributed by atoms with Crippen molar-refractivity contribution in [3.8, 4) is 0 Å². The van der Waals surface area contributed by atoms with Crippen molar-refractivity contribution < 1.29 is 27.9 Å². The normalized spacial score (nSPS) is 22.1. The van der Waals surface area contributed by atoms with Gasteiger partial charge in [0.15, 0.2) is 0 Å². The lowest BCUT2D eigenvalue weighted by atomic mass is 9.92. The molecular weight excluding hydrogens is 334 g/mol. The first-order valence-corrected chi connectivity index (χ1v) is 9.02. The molecule has 1 saturated heterocycles. The lowest BCUT2D eigenvalue weighted by Gasteiger charge is -2.34. The minimum Gasteiger partial charge on any atom is -0.481 e. The molecule has 2 rings (SSSR count). The Balaban J connectivity index is 2.47. The zero-order chi connectivity index (χ0) is 18.1. The number of benzene rings is 1. The van der Waals surface area contributed by atoms with Gasteiger partial charge in [-0.2, -0.15) is 4.31 Å². The predicted molar refractivity (Wildman–Crippen MR) is 86.2 cm³/mol. The number of aryl methyl sites for hydroxylation is 1. The van der Waals surface area contributed by atoms with E-state index in [1.54, 1.807) is 13.0 Å². The fourth-order valence-electron chi connectivity index (χ4n) is 2.96. The number of ether oxygens (including phenoxy) is 1. The summed E-state index contributed by atoms with van der Waals surface area (Å²) in [6.07, 6.45) is 0.430. The van der Waals surface area contributed by atoms with Gasteiger partial charge < -0.3 is 9.84 Å². The standard InChI is InChI=1S/C16H21NO6S/c1-10-4-5-14(13(7-10)16(20)23-3)24(21,22)17-8-11(2)6-12(9-17)15(18)19/h4-5,7,11-12H,6,8-9H2,1-3H3,(H,18,19). The van der Waals surface area contributed by atoms with Crippen LogP contribution in [0.1, 0.15) is 29.3 Å². The second kappa shape index (κ2) is 6.90. The van der Waals surface area contributed by atoms with E-state index < -0.39 is 27.9 Å². The molecule has 1 fully saturated rings. The highest BCUT2D eigenvalue weighted by Gasteiger charge is 2.37. The molecule has 1 N–H and O–H groups in total. The van der Waals surface area contributed by atoms with Crippen LogP contribution in [0.25, 0.3) is 0 Å². The minimum atomic E-state index is -3.99. The number of hydrogen-bond donors (Lipinski definition) is 1. The van der Waals surface area contributed by atoms with E-state index in [2.05, 4.69) is 4.74 Å². The van der Waals surface area contributed by atoms with Crippen LogP contribution >= 0.6 is 0 Å². The van der Waals surface area contributed by atoms with E-state index in [1.807, 2.05) is 6.92 Å². The van der Waals surface area contributed by atoms with Gasteiger partial charge in [0.05, 0.1) is 23.5 Å². The third-order valence-corrected chi connectivity index (χ3v) is 6.02. The average molecular weight is 355 g/mol. The molecular formula is C16H21NO6S. The SMILES string of the molecule is COC(=O)c1cc(C)ccc1S(=O)(=O)N1CC(C)CC(C(=O)O)C1. The number of piperidine rings is 1. The molecule has 7 nitrogen and oxygen atoms in total. The maximum Gasteiger partial charge on any atom is 0.339 e. The second-order valence-corrected chi connectivity index (χ2v) is 8.10. The van der Waals surface area contributed by atoms with Crippen molar-refractivity contribution in [2.75, 3.05) is 20.2 Å². The number of sulfonamides is 1. The maximum absolute atomic E-state index is 13.0. The maximum atomic E-state index is 13.0. The molecule has 0 spiro atoms. The molecule has 2 atom stereocenters. The third kappa shape index (κ3) is 3.59. The van der Waals surface area contributed by atoms with Gasteiger partial charge in [-0.05, 0) is 31.4 Å². The number of carboxylic acids is 1. The van der Waals surface area contributed by atoms with Gasteiger partial charge in [-0.15, -0.1) is 0 Å². The van der Waals surface area contributed by atoms with Crippen molar-refractivity contribution in [1.82, 2.24) is 4.31 Å². The summed E-state index contributed by atoms with van der Waals surface area (Å²) in [6.45, 7) is 3.68. The van der Waals surface area contributed by atoms with E-state index in [0.29, 0.717) is 6.42 Å². The Bertz CT molecular complexity index is 758. The van der Waals surface area contributed by atoms with Crippen LogP contribution in [-0.4, -0.2) is 50.0 Å². The summed E-state index contributed by atoms with van der Waals surface area (Å²) in [4.78, 5) is 23.1. The molecule has 0 aromatic heterocycles. The molecule has 1 aliphatic heterocycles. The smallest absolute Gasteiger partial charge is 0.339 e. The van der Waals surface area contributed by atoms with Gasteiger partial charge in [0, 0.05) is 13.1 Å². The lowest BCUT2D eigenvalue weighted by molar-refractivity contribution is -0.143. The van der Waals surface area contributed by atoms with Crippen LogP contribution in [-0.2, 0) is 19.6 Å². The van der Waals surface area contributed by atoms with E-state index in [-0.39, 0.29) is 29.5 Å². The molecule has 1 aromatic carbocycles. The summed E-state index contributed by atoms with van der Waals surface area (Å²) in [6, 6.07) is 4.42. The Morgan fingerprint density at radius 2 is 1.96 bits per heavy atom. The molecule has 2 unspecified atom stereocenters. The Morgan fingerprint density at radius 1 is 1.29 bits per heavy atom. The van der Waals surface area contributed by atoms with E-state index in [9.17, 15) is 23.1 Å². The largest absolute Gasteiger partial charge is 0.481 e. The Hall–Kier alpha value is -1.93. The zero-order valence-electron chi connectivity index (χ0n) is 13.9. The van der Waals surface area contributed by atoms with Crippen LogP contribution in [0, 0.1) is 18.8 Å². The molecule has 1 aliphatic rings. The van der Waals surface area contributed by atoms with Crippen LogP contribution in [0.3, 0.4) is 0 Å². The first kappa shape index (κ1) is 18.4. The van der Waals surface area contributed by atoms with Crippen molar-refractivity contribution in [3.63, 3.8) is 0 Å². The number of aliphatic carboxylic acids is 1. The number of carbonyl (C=O) groups is 2. The van der Waals surface area contributed by atoms with Crippen LogP contribution in [0.5, 0.6) is 0 Å². The fraction of sp³-hybridized carbons (Fsp3) is 0.500. The molecule has 0 aliphatic carbocycles. The first-order chi connectivity index (χ1) is 11.2. The van der Waals surface area contributed by atoms with Crippen molar-refractivity contribution in [2.24, 2.45) is 11.8 Å². The van der Waals surface area contributed by atoms with Crippen LogP contribution < -0.4 is 0 Å². The monoisotopic (exact) mass is 355 g/mol. The van der Waals surface area contributed by atoms with E-state index in [4.69, 9.17) is 0 Å². The van der Waals surface area contributed by atoms with E-state index in [0.717, 1.165) is 9.87 Å². The second-order valence-electron chi connectivity index (χ2n) is 6.19. The number of carbonyl (C=O) groups excluding carboxylic acids is 1. The number of carboxylic acid groups (broad SMARTS) is 1. The highest BCUT2D eigenvalue weighted by atomic mass is 32.2. The molecule has 0 bridgehead atoms. The summed E-state index contributed by atoms with van der Waals surface area (Å²) in [5.74, 6) is -2.59. The topological polar surface area (TPSA) is 101 Å². The average Bonchev–Trinajstić information content (AvgIpc) is 2.53. The Kier molecular flexibility index (Phi) is 5.29. The summed E-state index contributed by atoms with van der Waals surface area (Å²) >= 11 is 0. The number of esters is 1. The predicted octanol–water partition coefficient (Wildman–Crippen LogP) is 1.51. The highest BCUT2D eigenvalue weighted by Crippen LogP contribution is 2.29. The van der Waals surface area contributed by atoms with Crippen molar-refractivity contribution >= 4 is 22.0 Å². The fourth-order valence-corrected chi connectivity index (χ4v) is 4.72. The lowest BCUT2D eigenvalue weighted by Crippen LogP contribution is -2.45. The molecule has 0 radical (unpaired) electrons. The highest BCUT2D eigenvalue weighted by molar-refractivity contribution is 7.89. The van der Waals surface area contributed by atoms with E-state index >= 15 is 0 Å². The number of methoxy groups -OCH3 is 1. The van der Waals surface area contributed by atoms with Crippen molar-refractivity contribution in [3.05, 3.63) is 29.3 Å². The molecule has 0 amide bonds. The molecule has 1 aromatic rings. The minimum absolute atomic E-state index is 0.0393. The van der Waals surface area contributed by atoms with Crippen molar-refractivity contribution in [2.45, 2.75) is 25.2 Å². The van der Waals surface area contributed by atoms with Gasteiger partial charge in [-0.25, -0.2) is 13.2 Å².